The van der Waals surface area contributed by atoms with Crippen molar-refractivity contribution < 1.29 is 14.1 Å². The number of nitro groups is 1. The first-order chi connectivity index (χ1) is 9.58. The van der Waals surface area contributed by atoms with E-state index in [1.165, 1.54) is 18.2 Å². The van der Waals surface area contributed by atoms with Gasteiger partial charge in [-0.15, -0.1) is 0 Å². The summed E-state index contributed by atoms with van der Waals surface area (Å²) in [5, 5.41) is 10.9. The van der Waals surface area contributed by atoms with Crippen molar-refractivity contribution >= 4 is 17.3 Å². The molecule has 0 atom stereocenters. The molecule has 2 aromatic carbocycles. The number of nitrogens with zero attached hydrogens (tertiary/aromatic N) is 1. The first-order valence-corrected chi connectivity index (χ1v) is 6.26. The minimum absolute atomic E-state index is 0.0241. The first-order valence-electron chi connectivity index (χ1n) is 5.88. The maximum absolute atomic E-state index is 13.2. The van der Waals surface area contributed by atoms with E-state index < -0.39 is 10.7 Å². The van der Waals surface area contributed by atoms with Crippen molar-refractivity contribution in [1.29, 1.82) is 0 Å². The average Bonchev–Trinajstić information content (AvgIpc) is 2.43. The quantitative estimate of drug-likeness (QED) is 0.618. The zero-order valence-electron chi connectivity index (χ0n) is 10.4. The Morgan fingerprint density at radius 2 is 2.00 bits per heavy atom. The van der Waals surface area contributed by atoms with Crippen LogP contribution in [-0.4, -0.2) is 11.5 Å². The molecule has 0 aliphatic carbocycles. The molecule has 104 valence electrons. The summed E-state index contributed by atoms with van der Waals surface area (Å²) < 4.78 is 18.6. The third-order valence-corrected chi connectivity index (χ3v) is 3.03. The zero-order chi connectivity index (χ0) is 14.5. The summed E-state index contributed by atoms with van der Waals surface area (Å²) in [4.78, 5) is 10.4. The van der Waals surface area contributed by atoms with E-state index in [9.17, 15) is 14.5 Å². The topological polar surface area (TPSA) is 52.4 Å². The molecule has 0 saturated carbocycles. The molecular formula is C14H11ClFNO3. The summed E-state index contributed by atoms with van der Waals surface area (Å²) in [5.74, 6) is -0.222. The summed E-state index contributed by atoms with van der Waals surface area (Å²) in [6.07, 6.45) is 0.362. The van der Waals surface area contributed by atoms with E-state index in [0.717, 1.165) is 0 Å². The Bertz CT molecular complexity index is 634. The average molecular weight is 296 g/mol. The van der Waals surface area contributed by atoms with Crippen LogP contribution in [0.25, 0.3) is 0 Å². The number of rotatable bonds is 5. The highest BCUT2D eigenvalue weighted by molar-refractivity contribution is 6.30. The second-order valence-corrected chi connectivity index (χ2v) is 4.47. The van der Waals surface area contributed by atoms with Crippen molar-refractivity contribution in [2.24, 2.45) is 0 Å². The van der Waals surface area contributed by atoms with Gasteiger partial charge in [-0.3, -0.25) is 10.1 Å². The largest absolute Gasteiger partial charge is 0.493 e. The molecule has 0 fully saturated rings. The van der Waals surface area contributed by atoms with Gasteiger partial charge in [0.15, 0.2) is 0 Å². The van der Waals surface area contributed by atoms with E-state index in [2.05, 4.69) is 0 Å². The molecule has 0 spiro atoms. The third kappa shape index (κ3) is 3.45. The van der Waals surface area contributed by atoms with Crippen LogP contribution in [0.3, 0.4) is 0 Å². The van der Waals surface area contributed by atoms with Crippen molar-refractivity contribution in [3.8, 4) is 5.75 Å². The molecule has 0 saturated heterocycles. The minimum atomic E-state index is -0.560. The summed E-state index contributed by atoms with van der Waals surface area (Å²) >= 11 is 5.56. The molecule has 0 aliphatic heterocycles. The van der Waals surface area contributed by atoms with Crippen LogP contribution in [0, 0.1) is 15.9 Å². The number of para-hydroxylation sites is 1. The maximum Gasteiger partial charge on any atom is 0.272 e. The van der Waals surface area contributed by atoms with E-state index in [0.29, 0.717) is 17.7 Å². The van der Waals surface area contributed by atoms with Crippen molar-refractivity contribution in [2.45, 2.75) is 6.42 Å². The van der Waals surface area contributed by atoms with E-state index in [4.69, 9.17) is 16.3 Å². The Morgan fingerprint density at radius 3 is 2.70 bits per heavy atom. The maximum atomic E-state index is 13.2. The lowest BCUT2D eigenvalue weighted by atomic mass is 10.1. The predicted octanol–water partition coefficient (Wildman–Crippen LogP) is 4.01. The van der Waals surface area contributed by atoms with Gasteiger partial charge in [0, 0.05) is 24.1 Å². The van der Waals surface area contributed by atoms with E-state index in [1.807, 2.05) is 0 Å². The molecule has 0 N–H and O–H groups in total. The summed E-state index contributed by atoms with van der Waals surface area (Å²) in [6, 6.07) is 10.6. The van der Waals surface area contributed by atoms with Gasteiger partial charge in [-0.05, 0) is 12.1 Å². The monoisotopic (exact) mass is 295 g/mol. The van der Waals surface area contributed by atoms with Crippen molar-refractivity contribution in [2.75, 3.05) is 6.61 Å². The summed E-state index contributed by atoms with van der Waals surface area (Å²) in [5.41, 5.74) is 0.630. The molecule has 20 heavy (non-hydrogen) atoms. The van der Waals surface area contributed by atoms with Gasteiger partial charge in [-0.1, -0.05) is 29.8 Å². The smallest absolute Gasteiger partial charge is 0.272 e. The van der Waals surface area contributed by atoms with Crippen LogP contribution in [0.15, 0.2) is 42.5 Å². The highest BCUT2D eigenvalue weighted by Crippen LogP contribution is 2.22. The molecule has 0 radical (unpaired) electrons. The Hall–Kier alpha value is -2.14. The van der Waals surface area contributed by atoms with Crippen LogP contribution in [0.1, 0.15) is 5.56 Å². The molecule has 0 bridgehead atoms. The van der Waals surface area contributed by atoms with E-state index in [-0.39, 0.29) is 17.3 Å². The SMILES string of the molecule is O=[N+]([O-])c1ccccc1CCOc1ccc(Cl)c(F)c1. The lowest BCUT2D eigenvalue weighted by Gasteiger charge is -2.07. The zero-order valence-corrected chi connectivity index (χ0v) is 11.1. The Kier molecular flexibility index (Phi) is 4.53. The Morgan fingerprint density at radius 1 is 1.25 bits per heavy atom. The molecular weight excluding hydrogens is 285 g/mol. The fourth-order valence-corrected chi connectivity index (χ4v) is 1.86. The number of ether oxygens (including phenoxy) is 1. The Labute approximate surface area is 119 Å². The molecule has 0 unspecified atom stereocenters. The number of nitro benzene ring substituents is 1. The third-order valence-electron chi connectivity index (χ3n) is 2.72. The van der Waals surface area contributed by atoms with E-state index >= 15 is 0 Å². The van der Waals surface area contributed by atoms with Crippen LogP contribution in [0.4, 0.5) is 10.1 Å². The van der Waals surface area contributed by atoms with Crippen LogP contribution in [0.5, 0.6) is 5.75 Å². The molecule has 0 amide bonds. The van der Waals surface area contributed by atoms with Crippen LogP contribution < -0.4 is 4.74 Å². The van der Waals surface area contributed by atoms with Crippen LogP contribution in [-0.2, 0) is 6.42 Å². The van der Waals surface area contributed by atoms with Crippen molar-refractivity contribution in [3.63, 3.8) is 0 Å². The van der Waals surface area contributed by atoms with Gasteiger partial charge in [-0.25, -0.2) is 4.39 Å². The van der Waals surface area contributed by atoms with Crippen LogP contribution >= 0.6 is 11.6 Å². The van der Waals surface area contributed by atoms with Gasteiger partial charge in [0.2, 0.25) is 0 Å². The van der Waals surface area contributed by atoms with Gasteiger partial charge < -0.3 is 4.74 Å². The van der Waals surface area contributed by atoms with Crippen molar-refractivity contribution in [3.05, 3.63) is 69.0 Å². The molecule has 2 rings (SSSR count). The minimum Gasteiger partial charge on any atom is -0.493 e. The standard InChI is InChI=1S/C14H11ClFNO3/c15-12-6-5-11(9-13(12)16)20-8-7-10-3-1-2-4-14(10)17(18)19/h1-6,9H,7-8H2. The van der Waals surface area contributed by atoms with E-state index in [1.54, 1.807) is 24.3 Å². The lowest BCUT2D eigenvalue weighted by molar-refractivity contribution is -0.385. The molecule has 2 aromatic rings. The fourth-order valence-electron chi connectivity index (χ4n) is 1.75. The molecule has 0 aromatic heterocycles. The second-order valence-electron chi connectivity index (χ2n) is 4.06. The number of benzene rings is 2. The highest BCUT2D eigenvalue weighted by Gasteiger charge is 2.12. The first kappa shape index (κ1) is 14.3. The Balaban J connectivity index is 1.99. The van der Waals surface area contributed by atoms with Crippen molar-refractivity contribution in [1.82, 2.24) is 0 Å². The van der Waals surface area contributed by atoms with Gasteiger partial charge in [0.05, 0.1) is 16.6 Å². The highest BCUT2D eigenvalue weighted by atomic mass is 35.5. The summed E-state index contributed by atoms with van der Waals surface area (Å²) in [6.45, 7) is 0.214. The van der Waals surface area contributed by atoms with Gasteiger partial charge >= 0.3 is 0 Å². The van der Waals surface area contributed by atoms with Gasteiger partial charge in [0.1, 0.15) is 11.6 Å². The molecule has 0 heterocycles. The molecule has 6 heteroatoms. The molecule has 0 aliphatic rings. The normalized spacial score (nSPS) is 10.3. The second kappa shape index (κ2) is 6.34. The van der Waals surface area contributed by atoms with Gasteiger partial charge in [-0.2, -0.15) is 0 Å². The lowest BCUT2D eigenvalue weighted by Crippen LogP contribution is -2.04. The number of halogens is 2. The van der Waals surface area contributed by atoms with Gasteiger partial charge in [0.25, 0.3) is 5.69 Å². The fraction of sp³-hybridized carbons (Fsp3) is 0.143. The van der Waals surface area contributed by atoms with Crippen LogP contribution in [0.2, 0.25) is 5.02 Å². The number of hydrogen-bond donors (Lipinski definition) is 0. The summed E-state index contributed by atoms with van der Waals surface area (Å²) in [7, 11) is 0. The number of hydrogen-bond acceptors (Lipinski definition) is 3. The molecule has 4 nitrogen and oxygen atoms in total. The predicted molar refractivity (Wildman–Crippen MR) is 73.7 cm³/mol.